The van der Waals surface area contributed by atoms with E-state index in [1.54, 1.807) is 31.0 Å². The Morgan fingerprint density at radius 2 is 1.66 bits per heavy atom. The highest BCUT2D eigenvalue weighted by Crippen LogP contribution is 2.37. The SMILES string of the molecule is CC1=[N+](CCC#N)c2cccc3cccc(c23)N1N.Cc1cc(C)c(S(=O)(=O)[O-])c(C)c1. The number of anilines is 1. The van der Waals surface area contributed by atoms with Crippen LogP contribution >= 0.6 is 0 Å². The van der Waals surface area contributed by atoms with E-state index < -0.39 is 10.1 Å². The second kappa shape index (κ2) is 9.09. The fourth-order valence-corrected chi connectivity index (χ4v) is 5.12. The van der Waals surface area contributed by atoms with Gasteiger partial charge in [-0.05, 0) is 49.4 Å². The molecule has 0 unspecified atom stereocenters. The fraction of sp³-hybridized carbons (Fsp3) is 0.250. The van der Waals surface area contributed by atoms with Crippen LogP contribution in [0, 0.1) is 32.1 Å². The molecule has 0 bridgehead atoms. The molecule has 3 aromatic carbocycles. The van der Waals surface area contributed by atoms with Gasteiger partial charge in [-0.2, -0.15) is 16.1 Å². The average Bonchev–Trinajstić information content (AvgIpc) is 2.70. The summed E-state index contributed by atoms with van der Waals surface area (Å²) >= 11 is 0. The zero-order chi connectivity index (χ0) is 23.6. The third kappa shape index (κ3) is 4.50. The molecule has 0 amide bonds. The van der Waals surface area contributed by atoms with Crippen molar-refractivity contribution >= 4 is 38.1 Å². The van der Waals surface area contributed by atoms with Crippen LogP contribution in [-0.2, 0) is 10.1 Å². The number of benzene rings is 3. The van der Waals surface area contributed by atoms with Gasteiger partial charge in [-0.15, -0.1) is 0 Å². The molecule has 0 radical (unpaired) electrons. The summed E-state index contributed by atoms with van der Waals surface area (Å²) in [6, 6.07) is 17.9. The van der Waals surface area contributed by atoms with Crippen LogP contribution in [0.25, 0.3) is 10.8 Å². The summed E-state index contributed by atoms with van der Waals surface area (Å²) < 4.78 is 34.6. The summed E-state index contributed by atoms with van der Waals surface area (Å²) in [6.45, 7) is 7.76. The number of hydrogen-bond acceptors (Lipinski definition) is 6. The van der Waals surface area contributed by atoms with Crippen LogP contribution in [0.1, 0.15) is 30.0 Å². The van der Waals surface area contributed by atoms with E-state index in [4.69, 9.17) is 11.1 Å². The first-order chi connectivity index (χ1) is 15.1. The number of rotatable bonds is 3. The Balaban J connectivity index is 0.000000195. The van der Waals surface area contributed by atoms with Gasteiger partial charge in [-0.3, -0.25) is 0 Å². The van der Waals surface area contributed by atoms with Gasteiger partial charge in [0, 0.05) is 6.92 Å². The third-order valence-corrected chi connectivity index (χ3v) is 6.60. The first-order valence-corrected chi connectivity index (χ1v) is 11.6. The van der Waals surface area contributed by atoms with Gasteiger partial charge in [-0.25, -0.2) is 13.0 Å². The van der Waals surface area contributed by atoms with Gasteiger partial charge in [0.1, 0.15) is 22.4 Å². The van der Waals surface area contributed by atoms with E-state index in [0.29, 0.717) is 24.1 Å². The molecule has 0 saturated carbocycles. The number of nitrogens with two attached hydrogens (primary N) is 1. The van der Waals surface area contributed by atoms with Crippen molar-refractivity contribution in [3.05, 3.63) is 65.2 Å². The first-order valence-electron chi connectivity index (χ1n) is 10.1. The van der Waals surface area contributed by atoms with E-state index in [0.717, 1.165) is 28.2 Å². The molecule has 0 aromatic heterocycles. The quantitative estimate of drug-likeness (QED) is 0.366. The van der Waals surface area contributed by atoms with E-state index in [-0.39, 0.29) is 4.90 Å². The predicted molar refractivity (Wildman–Crippen MR) is 125 cm³/mol. The monoisotopic (exact) mass is 450 g/mol. The van der Waals surface area contributed by atoms with E-state index in [9.17, 15) is 13.0 Å². The van der Waals surface area contributed by atoms with Gasteiger partial charge in [0.25, 0.3) is 5.84 Å². The van der Waals surface area contributed by atoms with Gasteiger partial charge in [0.15, 0.2) is 5.69 Å². The molecule has 1 aliphatic rings. The second-order valence-corrected chi connectivity index (χ2v) is 9.13. The highest BCUT2D eigenvalue weighted by atomic mass is 32.2. The predicted octanol–water partition coefficient (Wildman–Crippen LogP) is 4.03. The number of nitriles is 1. The number of amidine groups is 1. The van der Waals surface area contributed by atoms with Crippen LogP contribution in [-0.4, -0.2) is 29.9 Å². The molecule has 0 atom stereocenters. The molecule has 8 heteroatoms. The van der Waals surface area contributed by atoms with E-state index in [1.807, 2.05) is 32.0 Å². The van der Waals surface area contributed by atoms with Gasteiger partial charge < -0.3 is 4.55 Å². The highest BCUT2D eigenvalue weighted by Gasteiger charge is 2.29. The minimum Gasteiger partial charge on any atom is -0.744 e. The van der Waals surface area contributed by atoms with Crippen LogP contribution in [0.3, 0.4) is 0 Å². The molecule has 7 nitrogen and oxygen atoms in total. The first kappa shape index (κ1) is 23.4. The molecule has 0 fully saturated rings. The molecule has 32 heavy (non-hydrogen) atoms. The Kier molecular flexibility index (Phi) is 6.65. The summed E-state index contributed by atoms with van der Waals surface area (Å²) in [7, 11) is -4.33. The summed E-state index contributed by atoms with van der Waals surface area (Å²) in [4.78, 5) is -0.0851. The average molecular weight is 451 g/mol. The van der Waals surface area contributed by atoms with Crippen LogP contribution < -0.4 is 10.9 Å². The Morgan fingerprint density at radius 1 is 1.06 bits per heavy atom. The zero-order valence-electron chi connectivity index (χ0n) is 18.6. The zero-order valence-corrected chi connectivity index (χ0v) is 19.4. The maximum Gasteiger partial charge on any atom is 0.272 e. The van der Waals surface area contributed by atoms with Gasteiger partial charge >= 0.3 is 0 Å². The van der Waals surface area contributed by atoms with Crippen molar-refractivity contribution in [1.29, 1.82) is 5.26 Å². The summed E-state index contributed by atoms with van der Waals surface area (Å²) in [6.07, 6.45) is 0.476. The van der Waals surface area contributed by atoms with Crippen molar-refractivity contribution in [2.24, 2.45) is 5.84 Å². The number of nitrogens with zero attached hydrogens (tertiary/aromatic N) is 3. The minimum absolute atomic E-state index is 0.0851. The molecular weight excluding hydrogens is 424 g/mol. The Bertz CT molecular complexity index is 1340. The summed E-state index contributed by atoms with van der Waals surface area (Å²) in [5.41, 5.74) is 4.14. The van der Waals surface area contributed by atoms with Crippen molar-refractivity contribution in [3.8, 4) is 6.07 Å². The largest absolute Gasteiger partial charge is 0.744 e. The second-order valence-electron chi connectivity index (χ2n) is 7.81. The Labute approximate surface area is 188 Å². The molecule has 1 aliphatic heterocycles. The van der Waals surface area contributed by atoms with Crippen molar-refractivity contribution in [3.63, 3.8) is 0 Å². The number of hydrazine groups is 1. The third-order valence-electron chi connectivity index (χ3n) is 5.45. The summed E-state index contributed by atoms with van der Waals surface area (Å²) in [5, 5.41) is 12.8. The molecule has 0 saturated heterocycles. The molecule has 1 heterocycles. The van der Waals surface area contributed by atoms with Crippen molar-refractivity contribution in [2.45, 2.75) is 39.0 Å². The molecule has 0 spiro atoms. The molecular formula is C24H26N4O3S. The lowest BCUT2D eigenvalue weighted by Crippen LogP contribution is -2.43. The van der Waals surface area contributed by atoms with Crippen LogP contribution in [0.5, 0.6) is 0 Å². The molecule has 4 rings (SSSR count). The maximum absolute atomic E-state index is 10.8. The molecule has 2 N–H and O–H groups in total. The molecule has 0 aliphatic carbocycles. The minimum atomic E-state index is -4.33. The Morgan fingerprint density at radius 3 is 2.22 bits per heavy atom. The van der Waals surface area contributed by atoms with Crippen molar-refractivity contribution in [1.82, 2.24) is 0 Å². The maximum atomic E-state index is 10.8. The van der Waals surface area contributed by atoms with E-state index >= 15 is 0 Å². The highest BCUT2D eigenvalue weighted by molar-refractivity contribution is 7.85. The van der Waals surface area contributed by atoms with Gasteiger partial charge in [0.05, 0.1) is 22.8 Å². The lowest BCUT2D eigenvalue weighted by molar-refractivity contribution is -0.440. The van der Waals surface area contributed by atoms with E-state index in [2.05, 4.69) is 28.8 Å². The number of hydrogen-bond donors (Lipinski definition) is 1. The smallest absolute Gasteiger partial charge is 0.272 e. The van der Waals surface area contributed by atoms with Crippen LogP contribution in [0.15, 0.2) is 53.4 Å². The lowest BCUT2D eigenvalue weighted by Gasteiger charge is -2.23. The van der Waals surface area contributed by atoms with E-state index in [1.165, 1.54) is 5.39 Å². The van der Waals surface area contributed by atoms with Crippen molar-refractivity contribution < 1.29 is 17.5 Å². The number of aryl methyl sites for hydroxylation is 3. The van der Waals surface area contributed by atoms with Crippen molar-refractivity contribution in [2.75, 3.05) is 11.6 Å². The lowest BCUT2D eigenvalue weighted by atomic mass is 10.0. The summed E-state index contributed by atoms with van der Waals surface area (Å²) in [5.74, 6) is 7.13. The molecule has 166 valence electrons. The van der Waals surface area contributed by atoms with Gasteiger partial charge in [0.2, 0.25) is 0 Å². The van der Waals surface area contributed by atoms with Gasteiger partial charge in [-0.1, -0.05) is 42.0 Å². The van der Waals surface area contributed by atoms with Crippen LogP contribution in [0.4, 0.5) is 11.4 Å². The van der Waals surface area contributed by atoms with Crippen LogP contribution in [0.2, 0.25) is 0 Å². The topological polar surface area (TPSA) is 113 Å². The molecule has 3 aromatic rings. The Hall–Kier alpha value is -3.25. The normalized spacial score (nSPS) is 13.0. The fourth-order valence-electron chi connectivity index (χ4n) is 4.21. The standard InChI is InChI=1S/C15H15N4.C9H12O3S/c1-11-18(10-4-9-16)13-7-2-5-12-6-3-8-14(15(12)13)19(11)17;1-6-4-7(2)9(8(3)5-6)13(10,11)12/h2-3,5-8H,4,10,17H2,1H3;4-5H,1-3H3,(H,10,11,12)/q+1;/p-1.